The fraction of sp³-hybridized carbons (Fsp3) is 0.533. The molecule has 1 aromatic heterocycles. The molecule has 0 unspecified atom stereocenters. The van der Waals surface area contributed by atoms with Crippen molar-refractivity contribution in [1.82, 2.24) is 15.1 Å². The maximum absolute atomic E-state index is 9.54. The van der Waals surface area contributed by atoms with Gasteiger partial charge in [-0.05, 0) is 44.0 Å². The third-order valence-electron chi connectivity index (χ3n) is 4.05. The number of aromatic hydroxyl groups is 1. The first-order valence-corrected chi connectivity index (χ1v) is 7.54. The van der Waals surface area contributed by atoms with Gasteiger partial charge in [0, 0.05) is 25.0 Å². The minimum Gasteiger partial charge on any atom is -0.508 e. The van der Waals surface area contributed by atoms with Gasteiger partial charge in [0.1, 0.15) is 5.75 Å². The Hall–Kier alpha value is -1.79. The summed E-state index contributed by atoms with van der Waals surface area (Å²) < 4.78 is 0. The molecule has 1 fully saturated rings. The quantitative estimate of drug-likeness (QED) is 0.628. The highest BCUT2D eigenvalue weighted by Crippen LogP contribution is 2.24. The molecule has 0 saturated carbocycles. The minimum absolute atomic E-state index is 0.109. The molecule has 0 bridgehead atoms. The topological polar surface area (TPSA) is 84.4 Å². The maximum atomic E-state index is 9.54. The van der Waals surface area contributed by atoms with Crippen molar-refractivity contribution in [3.63, 3.8) is 0 Å². The van der Waals surface area contributed by atoms with Crippen molar-refractivity contribution in [3.05, 3.63) is 18.2 Å². The van der Waals surface area contributed by atoms with Gasteiger partial charge in [0.05, 0.1) is 11.6 Å². The van der Waals surface area contributed by atoms with Crippen molar-refractivity contribution in [3.8, 4) is 5.75 Å². The van der Waals surface area contributed by atoms with Crippen LogP contribution in [0.4, 0.5) is 5.82 Å². The normalized spacial score (nSPS) is 17.4. The third kappa shape index (κ3) is 3.46. The number of aromatic nitrogens is 2. The number of nitrogens with one attached hydrogen (secondary N) is 2. The first-order valence-electron chi connectivity index (χ1n) is 7.54. The van der Waals surface area contributed by atoms with E-state index in [9.17, 15) is 10.2 Å². The summed E-state index contributed by atoms with van der Waals surface area (Å²) in [7, 11) is 0. The van der Waals surface area contributed by atoms with Crippen molar-refractivity contribution < 1.29 is 10.2 Å². The van der Waals surface area contributed by atoms with E-state index < -0.39 is 0 Å². The van der Waals surface area contributed by atoms with Crippen LogP contribution in [-0.4, -0.2) is 57.6 Å². The number of hydrogen-bond donors (Lipinski definition) is 4. The monoisotopic (exact) mass is 290 g/mol. The largest absolute Gasteiger partial charge is 0.508 e. The van der Waals surface area contributed by atoms with Gasteiger partial charge in [-0.15, -0.1) is 0 Å². The Morgan fingerprint density at radius 2 is 2.14 bits per heavy atom. The first-order chi connectivity index (χ1) is 10.2. The van der Waals surface area contributed by atoms with E-state index >= 15 is 0 Å². The first kappa shape index (κ1) is 14.2. The average Bonchev–Trinajstić information content (AvgIpc) is 2.88. The molecule has 1 aliphatic heterocycles. The maximum Gasteiger partial charge on any atom is 0.155 e. The number of hydrogen-bond acceptors (Lipinski definition) is 5. The van der Waals surface area contributed by atoms with Crippen LogP contribution in [0.3, 0.4) is 0 Å². The van der Waals surface area contributed by atoms with Crippen molar-refractivity contribution in [2.75, 3.05) is 31.5 Å². The van der Waals surface area contributed by atoms with Gasteiger partial charge >= 0.3 is 0 Å². The number of aromatic amines is 1. The summed E-state index contributed by atoms with van der Waals surface area (Å²) in [6.45, 7) is 3.85. The predicted octanol–water partition coefficient (Wildman–Crippen LogP) is 1.53. The average molecular weight is 290 g/mol. The van der Waals surface area contributed by atoms with E-state index in [2.05, 4.69) is 20.4 Å². The Labute approximate surface area is 123 Å². The SMILES string of the molecule is Oc1ccc2[nH]nc(NCCCN3CCC(O)CC3)c2c1. The van der Waals surface area contributed by atoms with Crippen LogP contribution in [0.1, 0.15) is 19.3 Å². The van der Waals surface area contributed by atoms with E-state index in [4.69, 9.17) is 0 Å². The lowest BCUT2D eigenvalue weighted by atomic mass is 10.1. The van der Waals surface area contributed by atoms with Gasteiger partial charge in [0.2, 0.25) is 0 Å². The Morgan fingerprint density at radius 1 is 1.33 bits per heavy atom. The summed E-state index contributed by atoms with van der Waals surface area (Å²) in [6, 6.07) is 5.18. The number of piperidine rings is 1. The fourth-order valence-electron chi connectivity index (χ4n) is 2.79. The highest BCUT2D eigenvalue weighted by molar-refractivity contribution is 5.90. The molecule has 6 nitrogen and oxygen atoms in total. The summed E-state index contributed by atoms with van der Waals surface area (Å²) in [5.74, 6) is 1.04. The van der Waals surface area contributed by atoms with Gasteiger partial charge in [0.25, 0.3) is 0 Å². The molecule has 0 radical (unpaired) electrons. The molecule has 2 heterocycles. The molecule has 2 aromatic rings. The smallest absolute Gasteiger partial charge is 0.155 e. The molecule has 1 aromatic carbocycles. The Morgan fingerprint density at radius 3 is 2.95 bits per heavy atom. The van der Waals surface area contributed by atoms with E-state index in [0.717, 1.165) is 62.2 Å². The lowest BCUT2D eigenvalue weighted by Crippen LogP contribution is -2.36. The van der Waals surface area contributed by atoms with Gasteiger partial charge in [-0.2, -0.15) is 5.10 Å². The second-order valence-electron chi connectivity index (χ2n) is 5.66. The number of nitrogens with zero attached hydrogens (tertiary/aromatic N) is 2. The number of rotatable bonds is 5. The van der Waals surface area contributed by atoms with Crippen LogP contribution in [0, 0.1) is 0 Å². The van der Waals surface area contributed by atoms with Crippen molar-refractivity contribution in [2.24, 2.45) is 0 Å². The molecular formula is C15H22N4O2. The lowest BCUT2D eigenvalue weighted by molar-refractivity contribution is 0.0825. The van der Waals surface area contributed by atoms with Gasteiger partial charge in [-0.25, -0.2) is 0 Å². The highest BCUT2D eigenvalue weighted by atomic mass is 16.3. The highest BCUT2D eigenvalue weighted by Gasteiger charge is 2.16. The molecule has 1 saturated heterocycles. The zero-order valence-electron chi connectivity index (χ0n) is 12.0. The standard InChI is InChI=1S/C15H22N4O2/c20-11-4-8-19(9-5-11)7-1-6-16-15-13-10-12(21)2-3-14(13)17-18-15/h2-3,10-11,20-21H,1,4-9H2,(H2,16,17,18). The summed E-state index contributed by atoms with van der Waals surface area (Å²) >= 11 is 0. The Balaban J connectivity index is 1.47. The lowest BCUT2D eigenvalue weighted by Gasteiger charge is -2.29. The summed E-state index contributed by atoms with van der Waals surface area (Å²) in [5, 5.41) is 30.4. The predicted molar refractivity (Wildman–Crippen MR) is 82.5 cm³/mol. The third-order valence-corrected chi connectivity index (χ3v) is 4.05. The number of likely N-dealkylation sites (tertiary alicyclic amines) is 1. The van der Waals surface area contributed by atoms with Gasteiger partial charge in [0.15, 0.2) is 5.82 Å². The molecule has 0 atom stereocenters. The number of H-pyrrole nitrogens is 1. The second-order valence-corrected chi connectivity index (χ2v) is 5.66. The zero-order valence-corrected chi connectivity index (χ0v) is 12.0. The van der Waals surface area contributed by atoms with Gasteiger partial charge in [-0.1, -0.05) is 0 Å². The fourth-order valence-corrected chi connectivity index (χ4v) is 2.79. The van der Waals surface area contributed by atoms with E-state index in [1.54, 1.807) is 12.1 Å². The van der Waals surface area contributed by atoms with E-state index in [1.807, 2.05) is 6.07 Å². The zero-order chi connectivity index (χ0) is 14.7. The van der Waals surface area contributed by atoms with Crippen LogP contribution >= 0.6 is 0 Å². The minimum atomic E-state index is -0.109. The molecule has 0 aliphatic carbocycles. The van der Waals surface area contributed by atoms with E-state index in [0.29, 0.717) is 0 Å². The van der Waals surface area contributed by atoms with Crippen LogP contribution in [0.2, 0.25) is 0 Å². The molecular weight excluding hydrogens is 268 g/mol. The summed E-state index contributed by atoms with van der Waals surface area (Å²) in [5.41, 5.74) is 0.917. The van der Waals surface area contributed by atoms with Gasteiger partial charge in [-0.3, -0.25) is 5.10 Å². The number of phenolic OH excluding ortho intramolecular Hbond substituents is 1. The van der Waals surface area contributed by atoms with Crippen LogP contribution in [0.25, 0.3) is 10.9 Å². The number of anilines is 1. The molecule has 3 rings (SSSR count). The van der Waals surface area contributed by atoms with Crippen LogP contribution in [0.15, 0.2) is 18.2 Å². The van der Waals surface area contributed by atoms with Crippen molar-refractivity contribution in [2.45, 2.75) is 25.4 Å². The number of aliphatic hydroxyl groups is 1. The van der Waals surface area contributed by atoms with E-state index in [1.165, 1.54) is 0 Å². The Kier molecular flexibility index (Phi) is 4.26. The number of phenols is 1. The van der Waals surface area contributed by atoms with Crippen LogP contribution < -0.4 is 5.32 Å². The molecule has 114 valence electrons. The summed E-state index contributed by atoms with van der Waals surface area (Å²) in [4.78, 5) is 2.39. The van der Waals surface area contributed by atoms with Crippen molar-refractivity contribution in [1.29, 1.82) is 0 Å². The number of aliphatic hydroxyl groups excluding tert-OH is 1. The second kappa shape index (κ2) is 6.32. The number of fused-ring (bicyclic) bond motifs is 1. The van der Waals surface area contributed by atoms with Crippen molar-refractivity contribution >= 4 is 16.7 Å². The molecule has 4 N–H and O–H groups in total. The van der Waals surface area contributed by atoms with Crippen LogP contribution in [0.5, 0.6) is 5.75 Å². The molecule has 21 heavy (non-hydrogen) atoms. The molecule has 6 heteroatoms. The molecule has 1 aliphatic rings. The Bertz CT molecular complexity index is 590. The van der Waals surface area contributed by atoms with Crippen LogP contribution in [-0.2, 0) is 0 Å². The summed E-state index contributed by atoms with van der Waals surface area (Å²) in [6.07, 6.45) is 2.69. The molecule has 0 spiro atoms. The molecule has 0 amide bonds. The number of benzene rings is 1. The van der Waals surface area contributed by atoms with Gasteiger partial charge < -0.3 is 20.4 Å². The van der Waals surface area contributed by atoms with E-state index in [-0.39, 0.29) is 11.9 Å².